The number of nitrogens with one attached hydrogen (secondary N) is 1. The smallest absolute Gasteiger partial charge is 0.0381 e. The maximum atomic E-state index is 4.07. The number of anilines is 1. The summed E-state index contributed by atoms with van der Waals surface area (Å²) in [6, 6.07) is 10.1. The molecule has 1 rings (SSSR count). The summed E-state index contributed by atoms with van der Waals surface area (Å²) in [7, 11) is 1.79. The van der Waals surface area contributed by atoms with Gasteiger partial charge in [-0.2, -0.15) is 0 Å². The molecule has 0 spiro atoms. The van der Waals surface area contributed by atoms with Crippen LogP contribution in [0.1, 0.15) is 13.8 Å². The lowest BCUT2D eigenvalue weighted by Crippen LogP contribution is -1.97. The van der Waals surface area contributed by atoms with Gasteiger partial charge in [0.2, 0.25) is 0 Å². The van der Waals surface area contributed by atoms with Crippen molar-refractivity contribution >= 4 is 11.4 Å². The normalized spacial score (nSPS) is 12.8. The van der Waals surface area contributed by atoms with Gasteiger partial charge >= 0.3 is 0 Å². The molecular formula is C12H16N2. The molecule has 2 heteroatoms. The van der Waals surface area contributed by atoms with E-state index in [1.807, 2.05) is 50.3 Å². The van der Waals surface area contributed by atoms with E-state index in [1.54, 1.807) is 7.05 Å². The zero-order valence-electron chi connectivity index (χ0n) is 8.91. The highest BCUT2D eigenvalue weighted by Gasteiger charge is 1.91. The van der Waals surface area contributed by atoms with E-state index >= 15 is 0 Å². The van der Waals surface area contributed by atoms with Crippen molar-refractivity contribution in [1.82, 2.24) is 0 Å². The molecule has 0 radical (unpaired) electrons. The predicted octanol–water partition coefficient (Wildman–Crippen LogP) is 3.09. The van der Waals surface area contributed by atoms with Crippen molar-refractivity contribution in [2.45, 2.75) is 13.8 Å². The van der Waals surface area contributed by atoms with Crippen molar-refractivity contribution in [1.29, 1.82) is 0 Å². The van der Waals surface area contributed by atoms with Gasteiger partial charge < -0.3 is 5.32 Å². The van der Waals surface area contributed by atoms with E-state index in [-0.39, 0.29) is 0 Å². The molecule has 0 amide bonds. The molecule has 2 nitrogen and oxygen atoms in total. The van der Waals surface area contributed by atoms with Crippen molar-refractivity contribution in [3.63, 3.8) is 0 Å². The Morgan fingerprint density at radius 1 is 1.21 bits per heavy atom. The van der Waals surface area contributed by atoms with Crippen LogP contribution in [0.3, 0.4) is 0 Å². The second-order valence-corrected chi connectivity index (χ2v) is 3.18. The molecule has 74 valence electrons. The molecule has 0 heterocycles. The molecule has 0 aromatic heterocycles. The van der Waals surface area contributed by atoms with Crippen LogP contribution in [0.15, 0.2) is 47.1 Å². The van der Waals surface area contributed by atoms with Crippen LogP contribution >= 0.6 is 0 Å². The van der Waals surface area contributed by atoms with Gasteiger partial charge in [0.25, 0.3) is 0 Å². The molecule has 0 aliphatic carbocycles. The quantitative estimate of drug-likeness (QED) is 0.724. The van der Waals surface area contributed by atoms with Crippen LogP contribution in [0.2, 0.25) is 0 Å². The van der Waals surface area contributed by atoms with Crippen LogP contribution in [-0.4, -0.2) is 12.8 Å². The van der Waals surface area contributed by atoms with E-state index in [4.69, 9.17) is 0 Å². The van der Waals surface area contributed by atoms with E-state index in [1.165, 1.54) is 0 Å². The molecule has 0 aliphatic heterocycles. The number of rotatable bonds is 3. The average molecular weight is 188 g/mol. The van der Waals surface area contributed by atoms with Gasteiger partial charge in [-0.3, -0.25) is 4.99 Å². The Bertz CT molecular complexity index is 337. The highest BCUT2D eigenvalue weighted by atomic mass is 14.9. The number of para-hydroxylation sites is 1. The first-order valence-electron chi connectivity index (χ1n) is 4.66. The number of hydrogen-bond donors (Lipinski definition) is 1. The maximum Gasteiger partial charge on any atom is 0.0381 e. The summed E-state index contributed by atoms with van der Waals surface area (Å²) in [6.45, 7) is 4.01. The Morgan fingerprint density at radius 3 is 2.43 bits per heavy atom. The first-order valence-corrected chi connectivity index (χ1v) is 4.66. The summed E-state index contributed by atoms with van der Waals surface area (Å²) < 4.78 is 0. The third-order valence-electron chi connectivity index (χ3n) is 1.89. The monoisotopic (exact) mass is 188 g/mol. The fourth-order valence-electron chi connectivity index (χ4n) is 1.16. The number of allylic oxidation sites excluding steroid dienone is 2. The molecule has 1 aromatic carbocycles. The Balaban J connectivity index is 2.66. The van der Waals surface area contributed by atoms with E-state index in [2.05, 4.69) is 10.3 Å². The second-order valence-electron chi connectivity index (χ2n) is 3.18. The van der Waals surface area contributed by atoms with Crippen molar-refractivity contribution in [2.75, 3.05) is 12.4 Å². The van der Waals surface area contributed by atoms with Crippen LogP contribution in [0.5, 0.6) is 0 Å². The Hall–Kier alpha value is -1.57. The zero-order valence-corrected chi connectivity index (χ0v) is 8.91. The highest BCUT2D eigenvalue weighted by Crippen LogP contribution is 2.08. The molecule has 0 saturated heterocycles. The molecule has 0 fully saturated rings. The Kier molecular flexibility index (Phi) is 3.92. The fraction of sp³-hybridized carbons (Fsp3) is 0.250. The maximum absolute atomic E-state index is 4.07. The largest absolute Gasteiger partial charge is 0.359 e. The second kappa shape index (κ2) is 5.22. The summed E-state index contributed by atoms with van der Waals surface area (Å²) in [5.41, 5.74) is 3.22. The van der Waals surface area contributed by atoms with Gasteiger partial charge in [0.15, 0.2) is 0 Å². The fourth-order valence-corrected chi connectivity index (χ4v) is 1.16. The molecule has 1 aromatic rings. The van der Waals surface area contributed by atoms with Crippen molar-refractivity contribution in [3.05, 3.63) is 42.1 Å². The van der Waals surface area contributed by atoms with Crippen LogP contribution in [-0.2, 0) is 0 Å². The lowest BCUT2D eigenvalue weighted by molar-refractivity contribution is 1.36. The van der Waals surface area contributed by atoms with E-state index < -0.39 is 0 Å². The minimum atomic E-state index is 1.02. The van der Waals surface area contributed by atoms with Gasteiger partial charge in [0.1, 0.15) is 0 Å². The van der Waals surface area contributed by atoms with Gasteiger partial charge in [0.05, 0.1) is 0 Å². The van der Waals surface area contributed by atoms with Crippen LogP contribution in [0, 0.1) is 0 Å². The van der Waals surface area contributed by atoms with Crippen LogP contribution in [0.25, 0.3) is 0 Å². The number of benzene rings is 1. The van der Waals surface area contributed by atoms with Gasteiger partial charge in [-0.1, -0.05) is 18.2 Å². The molecule has 0 aliphatic rings. The molecule has 1 N–H and O–H groups in total. The minimum absolute atomic E-state index is 1.02. The molecule has 0 unspecified atom stereocenters. The van der Waals surface area contributed by atoms with Crippen molar-refractivity contribution in [3.8, 4) is 0 Å². The standard InChI is InChI=1S/C12H16N2/c1-10(13-3)9-11(2)14-12-7-5-4-6-8-12/h4-9,14H,1-3H3/b11-9-,13-10+. The molecule has 14 heavy (non-hydrogen) atoms. The molecule has 0 atom stereocenters. The Labute approximate surface area is 85.4 Å². The zero-order chi connectivity index (χ0) is 10.4. The molecule has 0 bridgehead atoms. The van der Waals surface area contributed by atoms with Crippen LogP contribution < -0.4 is 5.32 Å². The van der Waals surface area contributed by atoms with Crippen molar-refractivity contribution in [2.24, 2.45) is 4.99 Å². The summed E-state index contributed by atoms with van der Waals surface area (Å²) in [5.74, 6) is 0. The summed E-state index contributed by atoms with van der Waals surface area (Å²) in [6.07, 6.45) is 2.02. The summed E-state index contributed by atoms with van der Waals surface area (Å²) >= 11 is 0. The third-order valence-corrected chi connectivity index (χ3v) is 1.89. The highest BCUT2D eigenvalue weighted by molar-refractivity contribution is 5.93. The van der Waals surface area contributed by atoms with Gasteiger partial charge in [-0.25, -0.2) is 0 Å². The number of nitrogens with zero attached hydrogens (tertiary/aromatic N) is 1. The molecular weight excluding hydrogens is 172 g/mol. The minimum Gasteiger partial charge on any atom is -0.359 e. The lowest BCUT2D eigenvalue weighted by atomic mass is 10.3. The number of aliphatic imine (C=N–C) groups is 1. The summed E-state index contributed by atoms with van der Waals surface area (Å²) in [5, 5.41) is 3.29. The van der Waals surface area contributed by atoms with Crippen LogP contribution in [0.4, 0.5) is 5.69 Å². The van der Waals surface area contributed by atoms with Gasteiger partial charge in [-0.15, -0.1) is 0 Å². The topological polar surface area (TPSA) is 24.4 Å². The average Bonchev–Trinajstić information content (AvgIpc) is 2.19. The lowest BCUT2D eigenvalue weighted by Gasteiger charge is -2.05. The van der Waals surface area contributed by atoms with E-state index in [9.17, 15) is 0 Å². The van der Waals surface area contributed by atoms with Gasteiger partial charge in [-0.05, 0) is 32.1 Å². The van der Waals surface area contributed by atoms with E-state index in [0.717, 1.165) is 17.1 Å². The first kappa shape index (κ1) is 10.5. The van der Waals surface area contributed by atoms with E-state index in [0.29, 0.717) is 0 Å². The Morgan fingerprint density at radius 2 is 1.86 bits per heavy atom. The third kappa shape index (κ3) is 3.44. The molecule has 0 saturated carbocycles. The predicted molar refractivity (Wildman–Crippen MR) is 62.9 cm³/mol. The number of hydrogen-bond acceptors (Lipinski definition) is 2. The summed E-state index contributed by atoms with van der Waals surface area (Å²) in [4.78, 5) is 4.07. The van der Waals surface area contributed by atoms with Gasteiger partial charge in [0, 0.05) is 24.1 Å². The first-order chi connectivity index (χ1) is 6.72. The SMILES string of the molecule is C/N=C(C)/C=C(/C)Nc1ccccc1. The van der Waals surface area contributed by atoms with Crippen molar-refractivity contribution < 1.29 is 0 Å².